The van der Waals surface area contributed by atoms with Gasteiger partial charge in [0.25, 0.3) is 0 Å². The van der Waals surface area contributed by atoms with Crippen LogP contribution in [0.4, 0.5) is 0 Å². The van der Waals surface area contributed by atoms with Crippen LogP contribution < -0.4 is 10.2 Å². The highest BCUT2D eigenvalue weighted by Crippen LogP contribution is 2.23. The summed E-state index contributed by atoms with van der Waals surface area (Å²) in [5, 5.41) is 9.76. The lowest BCUT2D eigenvalue weighted by Crippen LogP contribution is -2.23. The monoisotopic (exact) mass is 461 g/mol. The minimum Gasteiger partial charge on any atom is -0.482 e. The van der Waals surface area contributed by atoms with Gasteiger partial charge in [-0.2, -0.15) is 0 Å². The molecule has 0 spiro atoms. The Balaban J connectivity index is 1.89. The molecule has 0 radical (unpaired) electrons. The molecule has 0 atom stereocenters. The third kappa shape index (κ3) is 5.15. The van der Waals surface area contributed by atoms with Gasteiger partial charge in [-0.1, -0.05) is 54.1 Å². The number of benzene rings is 2. The molecule has 31 heavy (non-hydrogen) atoms. The molecule has 3 aromatic rings. The number of halogens is 1. The fourth-order valence-corrected chi connectivity index (χ4v) is 4.96. The molecular formula is C22H20ClNO6S. The Morgan fingerprint density at radius 3 is 2.39 bits per heavy atom. The highest BCUT2D eigenvalue weighted by Gasteiger charge is 2.23. The van der Waals surface area contributed by atoms with Crippen LogP contribution in [-0.4, -0.2) is 29.8 Å². The predicted molar refractivity (Wildman–Crippen MR) is 117 cm³/mol. The number of aromatic nitrogens is 1. The lowest BCUT2D eigenvalue weighted by molar-refractivity contribution is 0.0678. The van der Waals surface area contributed by atoms with Gasteiger partial charge in [-0.3, -0.25) is 4.79 Å². The second-order valence-electron chi connectivity index (χ2n) is 6.82. The van der Waals surface area contributed by atoms with Crippen molar-refractivity contribution in [2.24, 2.45) is 7.05 Å². The van der Waals surface area contributed by atoms with E-state index in [1.54, 1.807) is 36.4 Å². The lowest BCUT2D eigenvalue weighted by Gasteiger charge is -2.16. The van der Waals surface area contributed by atoms with Gasteiger partial charge in [-0.05, 0) is 17.7 Å². The standard InChI is InChI=1S/C22H20ClNO6S/c1-24-16(11-12-31(28,29)19-10-6-5-9-17(19)23)13-18(25)21(20(24)22(26)27)30-14-15-7-3-2-4-8-15/h2-10,13H,11-12,14H2,1H3,(H,26,27). The van der Waals surface area contributed by atoms with E-state index in [1.165, 1.54) is 29.8 Å². The van der Waals surface area contributed by atoms with Gasteiger partial charge in [-0.15, -0.1) is 0 Å². The van der Waals surface area contributed by atoms with Crippen LogP contribution in [0.25, 0.3) is 0 Å². The zero-order valence-corrected chi connectivity index (χ0v) is 18.2. The van der Waals surface area contributed by atoms with Gasteiger partial charge < -0.3 is 14.4 Å². The van der Waals surface area contributed by atoms with Crippen molar-refractivity contribution in [2.75, 3.05) is 5.75 Å². The maximum Gasteiger partial charge on any atom is 0.356 e. The van der Waals surface area contributed by atoms with Crippen LogP contribution in [0.5, 0.6) is 5.75 Å². The molecule has 0 saturated carbocycles. The number of carboxylic acids is 1. The highest BCUT2D eigenvalue weighted by molar-refractivity contribution is 7.91. The van der Waals surface area contributed by atoms with Crippen LogP contribution in [0.15, 0.2) is 70.4 Å². The summed E-state index contributed by atoms with van der Waals surface area (Å²) in [6.07, 6.45) is -0.0709. The molecule has 0 aliphatic rings. The van der Waals surface area contributed by atoms with Crippen LogP contribution in [-0.2, 0) is 29.9 Å². The number of carboxylic acid groups (broad SMARTS) is 1. The quantitative estimate of drug-likeness (QED) is 0.552. The molecule has 0 aliphatic heterocycles. The fourth-order valence-electron chi connectivity index (χ4n) is 3.12. The number of hydrogen-bond acceptors (Lipinski definition) is 5. The van der Waals surface area contributed by atoms with Crippen molar-refractivity contribution in [3.63, 3.8) is 0 Å². The van der Waals surface area contributed by atoms with E-state index in [4.69, 9.17) is 16.3 Å². The fraction of sp³-hybridized carbons (Fsp3) is 0.182. The van der Waals surface area contributed by atoms with Crippen molar-refractivity contribution >= 4 is 27.4 Å². The maximum absolute atomic E-state index is 12.7. The van der Waals surface area contributed by atoms with Crippen molar-refractivity contribution < 1.29 is 23.1 Å². The molecule has 2 aromatic carbocycles. The summed E-state index contributed by atoms with van der Waals surface area (Å²) < 4.78 is 32.1. The van der Waals surface area contributed by atoms with Crippen LogP contribution in [0.3, 0.4) is 0 Å². The summed E-state index contributed by atoms with van der Waals surface area (Å²) in [5.41, 5.74) is 0.0611. The van der Waals surface area contributed by atoms with E-state index in [1.807, 2.05) is 6.07 Å². The summed E-state index contributed by atoms with van der Waals surface area (Å²) in [6.45, 7) is 0.0244. The maximum atomic E-state index is 12.7. The average Bonchev–Trinajstić information content (AvgIpc) is 2.73. The van der Waals surface area contributed by atoms with Crippen LogP contribution in [0.1, 0.15) is 21.7 Å². The van der Waals surface area contributed by atoms with Crippen molar-refractivity contribution in [1.29, 1.82) is 0 Å². The van der Waals surface area contributed by atoms with Crippen molar-refractivity contribution in [1.82, 2.24) is 4.57 Å². The molecular weight excluding hydrogens is 442 g/mol. The Labute approximate surface area is 184 Å². The number of nitrogens with zero attached hydrogens (tertiary/aromatic N) is 1. The minimum absolute atomic E-state index is 0.0112. The summed E-state index contributed by atoms with van der Waals surface area (Å²) in [7, 11) is -2.28. The van der Waals surface area contributed by atoms with Gasteiger partial charge in [0.2, 0.25) is 5.43 Å². The Kier molecular flexibility index (Phi) is 6.82. The largest absolute Gasteiger partial charge is 0.482 e. The first kappa shape index (κ1) is 22.6. The minimum atomic E-state index is -3.73. The lowest BCUT2D eigenvalue weighted by atomic mass is 10.2. The molecule has 0 unspecified atom stereocenters. The average molecular weight is 462 g/mol. The van der Waals surface area contributed by atoms with Crippen molar-refractivity contribution in [3.05, 3.63) is 92.9 Å². The second-order valence-corrected chi connectivity index (χ2v) is 9.30. The topological polar surface area (TPSA) is 103 Å². The second kappa shape index (κ2) is 9.36. The molecule has 0 amide bonds. The Hall–Kier alpha value is -3.10. The predicted octanol–water partition coefficient (Wildman–Crippen LogP) is 3.33. The van der Waals surface area contributed by atoms with Crippen LogP contribution >= 0.6 is 11.6 Å². The SMILES string of the molecule is Cn1c(CCS(=O)(=O)c2ccccc2Cl)cc(=O)c(OCc2ccccc2)c1C(=O)O. The molecule has 0 fully saturated rings. The van der Waals surface area contributed by atoms with Gasteiger partial charge in [0.1, 0.15) is 6.61 Å². The van der Waals surface area contributed by atoms with Gasteiger partial charge in [0.15, 0.2) is 21.3 Å². The summed E-state index contributed by atoms with van der Waals surface area (Å²) in [6, 6.07) is 16.3. The number of ether oxygens (including phenoxy) is 1. The Morgan fingerprint density at radius 1 is 1.10 bits per heavy atom. The first-order valence-electron chi connectivity index (χ1n) is 9.31. The molecule has 162 valence electrons. The van der Waals surface area contributed by atoms with E-state index < -0.39 is 21.2 Å². The molecule has 1 aromatic heterocycles. The van der Waals surface area contributed by atoms with Crippen LogP contribution in [0.2, 0.25) is 5.02 Å². The molecule has 0 bridgehead atoms. The van der Waals surface area contributed by atoms with Gasteiger partial charge in [0.05, 0.1) is 15.7 Å². The third-order valence-electron chi connectivity index (χ3n) is 4.73. The number of hydrogen-bond donors (Lipinski definition) is 1. The number of sulfone groups is 1. The first-order chi connectivity index (χ1) is 14.7. The molecule has 7 nitrogen and oxygen atoms in total. The molecule has 0 aliphatic carbocycles. The molecule has 0 saturated heterocycles. The molecule has 1 heterocycles. The summed E-state index contributed by atoms with van der Waals surface area (Å²) in [5.74, 6) is -1.98. The number of aromatic carboxylic acids is 1. The van der Waals surface area contributed by atoms with E-state index >= 15 is 0 Å². The zero-order chi connectivity index (χ0) is 22.6. The number of carbonyl (C=O) groups is 1. The normalized spacial score (nSPS) is 11.3. The molecule has 3 rings (SSSR count). The van der Waals surface area contributed by atoms with Crippen molar-refractivity contribution in [2.45, 2.75) is 17.9 Å². The van der Waals surface area contributed by atoms with E-state index in [9.17, 15) is 23.1 Å². The molecule has 9 heteroatoms. The highest BCUT2D eigenvalue weighted by atomic mass is 35.5. The smallest absolute Gasteiger partial charge is 0.356 e. The van der Waals surface area contributed by atoms with Gasteiger partial charge in [-0.25, -0.2) is 13.2 Å². The third-order valence-corrected chi connectivity index (χ3v) is 6.94. The van der Waals surface area contributed by atoms with E-state index in [2.05, 4.69) is 0 Å². The zero-order valence-electron chi connectivity index (χ0n) is 16.6. The van der Waals surface area contributed by atoms with Gasteiger partial charge >= 0.3 is 5.97 Å². The Morgan fingerprint density at radius 2 is 1.74 bits per heavy atom. The van der Waals surface area contributed by atoms with Gasteiger partial charge in [0, 0.05) is 25.2 Å². The number of rotatable bonds is 8. The Bertz CT molecular complexity index is 1270. The van der Waals surface area contributed by atoms with Crippen molar-refractivity contribution in [3.8, 4) is 5.75 Å². The summed E-state index contributed by atoms with van der Waals surface area (Å²) >= 11 is 5.99. The van der Waals surface area contributed by atoms with E-state index in [-0.39, 0.29) is 45.8 Å². The number of aryl methyl sites for hydroxylation is 1. The van der Waals surface area contributed by atoms with E-state index in [0.29, 0.717) is 0 Å². The first-order valence-corrected chi connectivity index (χ1v) is 11.3. The van der Waals surface area contributed by atoms with Crippen LogP contribution in [0, 0.1) is 0 Å². The van der Waals surface area contributed by atoms with E-state index in [0.717, 1.165) is 5.56 Å². The molecule has 1 N–H and O–H groups in total. The number of pyridine rings is 1. The summed E-state index contributed by atoms with van der Waals surface area (Å²) in [4.78, 5) is 24.5.